The molecular formula is C18H18BrFN2O3. The van der Waals surface area contributed by atoms with Gasteiger partial charge < -0.3 is 0 Å². The number of rotatable bonds is 5. The van der Waals surface area contributed by atoms with Crippen LogP contribution in [0.15, 0.2) is 34.3 Å². The van der Waals surface area contributed by atoms with Crippen molar-refractivity contribution in [1.29, 1.82) is 0 Å². The molecule has 1 fully saturated rings. The Morgan fingerprint density at radius 2 is 1.84 bits per heavy atom. The van der Waals surface area contributed by atoms with Crippen LogP contribution in [-0.4, -0.2) is 34.2 Å². The van der Waals surface area contributed by atoms with Crippen molar-refractivity contribution in [2.24, 2.45) is 0 Å². The van der Waals surface area contributed by atoms with E-state index in [0.29, 0.717) is 10.9 Å². The minimum Gasteiger partial charge on any atom is -0.263 e. The number of carbonyl (C=O) groups is 3. The molecule has 0 spiro atoms. The Balaban J connectivity index is 1.69. The summed E-state index contributed by atoms with van der Waals surface area (Å²) in [5, 5.41) is 0. The van der Waals surface area contributed by atoms with Crippen LogP contribution in [0.1, 0.15) is 37.7 Å². The Bertz CT molecular complexity index is 763. The van der Waals surface area contributed by atoms with Gasteiger partial charge in [-0.15, -0.1) is 0 Å². The van der Waals surface area contributed by atoms with Gasteiger partial charge in [-0.1, -0.05) is 33.6 Å². The van der Waals surface area contributed by atoms with Crippen molar-refractivity contribution in [3.05, 3.63) is 45.7 Å². The SMILES string of the molecule is O=C1C(=O)N(Cc2ccc(Br)cc2F)C(=O)N1CCC1=CCCCC1. The number of amides is 4. The quantitative estimate of drug-likeness (QED) is 0.423. The second-order valence-corrected chi connectivity index (χ2v) is 7.14. The van der Waals surface area contributed by atoms with Gasteiger partial charge in [0.25, 0.3) is 0 Å². The summed E-state index contributed by atoms with van der Waals surface area (Å²) in [5.74, 6) is -2.27. The van der Waals surface area contributed by atoms with Gasteiger partial charge in [0.15, 0.2) is 0 Å². The first-order chi connectivity index (χ1) is 12.0. The summed E-state index contributed by atoms with van der Waals surface area (Å²) >= 11 is 3.15. The molecule has 1 aromatic rings. The minimum absolute atomic E-state index is 0.189. The number of urea groups is 1. The van der Waals surface area contributed by atoms with E-state index in [1.54, 1.807) is 6.07 Å². The van der Waals surface area contributed by atoms with Crippen molar-refractivity contribution in [1.82, 2.24) is 9.80 Å². The van der Waals surface area contributed by atoms with E-state index in [-0.39, 0.29) is 18.7 Å². The van der Waals surface area contributed by atoms with Gasteiger partial charge >= 0.3 is 17.8 Å². The van der Waals surface area contributed by atoms with E-state index in [1.165, 1.54) is 17.7 Å². The van der Waals surface area contributed by atoms with Crippen LogP contribution in [0.3, 0.4) is 0 Å². The number of hydrogen-bond donors (Lipinski definition) is 0. The summed E-state index contributed by atoms with van der Waals surface area (Å²) in [6, 6.07) is 3.70. The van der Waals surface area contributed by atoms with Crippen molar-refractivity contribution in [2.75, 3.05) is 6.54 Å². The fourth-order valence-corrected chi connectivity index (χ4v) is 3.43. The van der Waals surface area contributed by atoms with Crippen molar-refractivity contribution >= 4 is 33.8 Å². The third-order valence-electron chi connectivity index (χ3n) is 4.52. The molecule has 1 aromatic carbocycles. The van der Waals surface area contributed by atoms with Crippen molar-refractivity contribution in [3.8, 4) is 0 Å². The van der Waals surface area contributed by atoms with Crippen LogP contribution in [0, 0.1) is 5.82 Å². The van der Waals surface area contributed by atoms with E-state index < -0.39 is 23.7 Å². The number of imide groups is 2. The van der Waals surface area contributed by atoms with Gasteiger partial charge in [-0.3, -0.25) is 19.4 Å². The predicted octanol–water partition coefficient (Wildman–Crippen LogP) is 3.77. The van der Waals surface area contributed by atoms with Gasteiger partial charge in [-0.25, -0.2) is 9.18 Å². The normalized spacial score (nSPS) is 18.2. The second-order valence-electron chi connectivity index (χ2n) is 6.22. The summed E-state index contributed by atoms with van der Waals surface area (Å²) in [7, 11) is 0. The summed E-state index contributed by atoms with van der Waals surface area (Å²) in [5.41, 5.74) is 1.41. The summed E-state index contributed by atoms with van der Waals surface area (Å²) in [6.07, 6.45) is 7.00. The third kappa shape index (κ3) is 3.81. The molecule has 132 valence electrons. The van der Waals surface area contributed by atoms with Crippen LogP contribution in [0.5, 0.6) is 0 Å². The Morgan fingerprint density at radius 1 is 1.08 bits per heavy atom. The van der Waals surface area contributed by atoms with Crippen LogP contribution < -0.4 is 0 Å². The third-order valence-corrected chi connectivity index (χ3v) is 5.01. The van der Waals surface area contributed by atoms with Crippen LogP contribution in [0.2, 0.25) is 0 Å². The number of hydrogen-bond acceptors (Lipinski definition) is 3. The highest BCUT2D eigenvalue weighted by molar-refractivity contribution is 9.10. The van der Waals surface area contributed by atoms with E-state index in [9.17, 15) is 18.8 Å². The number of carbonyl (C=O) groups excluding carboxylic acids is 3. The molecule has 4 amide bonds. The summed E-state index contributed by atoms with van der Waals surface area (Å²) < 4.78 is 14.5. The topological polar surface area (TPSA) is 57.7 Å². The lowest BCUT2D eigenvalue weighted by atomic mass is 9.97. The molecule has 7 heteroatoms. The zero-order valence-corrected chi connectivity index (χ0v) is 15.2. The van der Waals surface area contributed by atoms with Gasteiger partial charge in [-0.2, -0.15) is 0 Å². The first-order valence-electron chi connectivity index (χ1n) is 8.26. The monoisotopic (exact) mass is 408 g/mol. The maximum atomic E-state index is 14.0. The standard InChI is InChI=1S/C18H18BrFN2O3/c19-14-7-6-13(15(20)10-14)11-22-17(24)16(23)21(18(22)25)9-8-12-4-2-1-3-5-12/h4,6-7,10H,1-3,5,8-9,11H2. The van der Waals surface area contributed by atoms with E-state index >= 15 is 0 Å². The molecule has 3 rings (SSSR count). The highest BCUT2D eigenvalue weighted by Crippen LogP contribution is 2.23. The molecule has 5 nitrogen and oxygen atoms in total. The molecular weight excluding hydrogens is 391 g/mol. The lowest BCUT2D eigenvalue weighted by Crippen LogP contribution is -2.34. The van der Waals surface area contributed by atoms with E-state index in [1.807, 2.05) is 0 Å². The van der Waals surface area contributed by atoms with Crippen LogP contribution in [-0.2, 0) is 16.1 Å². The molecule has 0 bridgehead atoms. The first-order valence-corrected chi connectivity index (χ1v) is 9.06. The molecule has 0 unspecified atom stereocenters. The zero-order valence-electron chi connectivity index (χ0n) is 13.6. The maximum Gasteiger partial charge on any atom is 0.334 e. The molecule has 0 saturated carbocycles. The molecule has 0 radical (unpaired) electrons. The molecule has 1 aliphatic heterocycles. The van der Waals surface area contributed by atoms with Gasteiger partial charge in [0.05, 0.1) is 6.54 Å². The lowest BCUT2D eigenvalue weighted by Gasteiger charge is -2.18. The van der Waals surface area contributed by atoms with Gasteiger partial charge in [0.1, 0.15) is 5.82 Å². The number of benzene rings is 1. The number of allylic oxidation sites excluding steroid dienone is 1. The van der Waals surface area contributed by atoms with Crippen LogP contribution in [0.4, 0.5) is 9.18 Å². The first kappa shape index (κ1) is 17.8. The fourth-order valence-electron chi connectivity index (χ4n) is 3.09. The number of halogens is 2. The van der Waals surface area contributed by atoms with E-state index in [0.717, 1.165) is 35.5 Å². The summed E-state index contributed by atoms with van der Waals surface area (Å²) in [6.45, 7) is -0.0592. The van der Waals surface area contributed by atoms with Crippen molar-refractivity contribution in [3.63, 3.8) is 0 Å². The molecule has 0 N–H and O–H groups in total. The van der Waals surface area contributed by atoms with Gasteiger partial charge in [0.2, 0.25) is 0 Å². The summed E-state index contributed by atoms with van der Waals surface area (Å²) in [4.78, 5) is 38.5. The Morgan fingerprint density at radius 3 is 2.52 bits per heavy atom. The molecule has 0 atom stereocenters. The molecule has 0 aromatic heterocycles. The van der Waals surface area contributed by atoms with Gasteiger partial charge in [-0.05, 0) is 44.2 Å². The maximum absolute atomic E-state index is 14.0. The lowest BCUT2D eigenvalue weighted by molar-refractivity contribution is -0.143. The Labute approximate surface area is 153 Å². The molecule has 1 heterocycles. The van der Waals surface area contributed by atoms with Crippen LogP contribution >= 0.6 is 15.9 Å². The Kier molecular flexibility index (Phi) is 5.32. The van der Waals surface area contributed by atoms with E-state index in [2.05, 4.69) is 22.0 Å². The zero-order chi connectivity index (χ0) is 18.0. The highest BCUT2D eigenvalue weighted by Gasteiger charge is 2.44. The fraction of sp³-hybridized carbons (Fsp3) is 0.389. The average Bonchev–Trinajstić information content (AvgIpc) is 2.80. The van der Waals surface area contributed by atoms with Crippen molar-refractivity contribution < 1.29 is 18.8 Å². The minimum atomic E-state index is -0.898. The molecule has 2 aliphatic rings. The van der Waals surface area contributed by atoms with Crippen LogP contribution in [0.25, 0.3) is 0 Å². The molecule has 25 heavy (non-hydrogen) atoms. The number of nitrogens with zero attached hydrogens (tertiary/aromatic N) is 2. The average molecular weight is 409 g/mol. The van der Waals surface area contributed by atoms with E-state index in [4.69, 9.17) is 0 Å². The predicted molar refractivity (Wildman–Crippen MR) is 92.9 cm³/mol. The molecule has 1 aliphatic carbocycles. The highest BCUT2D eigenvalue weighted by atomic mass is 79.9. The van der Waals surface area contributed by atoms with Crippen molar-refractivity contribution in [2.45, 2.75) is 38.6 Å². The molecule has 1 saturated heterocycles. The smallest absolute Gasteiger partial charge is 0.263 e. The Hall–Kier alpha value is -2.02. The van der Waals surface area contributed by atoms with Gasteiger partial charge in [0, 0.05) is 16.6 Å². The second kappa shape index (κ2) is 7.47. The largest absolute Gasteiger partial charge is 0.334 e.